The zero-order valence-electron chi connectivity index (χ0n) is 15.9. The largest absolute Gasteiger partial charge is 0.493 e. The van der Waals surface area contributed by atoms with Crippen LogP contribution in [0.2, 0.25) is 0 Å². The number of nitrogens with one attached hydrogen (secondary N) is 2. The molecule has 0 aliphatic carbocycles. The number of carbonyl (C=O) groups excluding carboxylic acids is 1. The number of aryl methyl sites for hydroxylation is 1. The zero-order chi connectivity index (χ0) is 19.1. The van der Waals surface area contributed by atoms with Crippen LogP contribution in [0.25, 0.3) is 0 Å². The normalized spacial score (nSPS) is 11.4. The van der Waals surface area contributed by atoms with Crippen LogP contribution in [-0.2, 0) is 6.42 Å². The molecule has 0 aromatic heterocycles. The smallest absolute Gasteiger partial charge is 0.319 e. The van der Waals surface area contributed by atoms with Gasteiger partial charge in [-0.2, -0.15) is 0 Å². The van der Waals surface area contributed by atoms with E-state index in [4.69, 9.17) is 14.2 Å². The van der Waals surface area contributed by atoms with Gasteiger partial charge >= 0.3 is 6.03 Å². The third-order valence-corrected chi connectivity index (χ3v) is 4.16. The molecular formula is C20H26N2O4. The number of rotatable bonds is 7. The molecule has 0 fully saturated rings. The summed E-state index contributed by atoms with van der Waals surface area (Å²) >= 11 is 0. The molecule has 0 heterocycles. The number of carbonyl (C=O) groups is 1. The van der Waals surface area contributed by atoms with Crippen molar-refractivity contribution < 1.29 is 19.0 Å². The van der Waals surface area contributed by atoms with Gasteiger partial charge in [-0.1, -0.05) is 31.2 Å². The highest BCUT2D eigenvalue weighted by atomic mass is 16.5. The predicted octanol–water partition coefficient (Wildman–Crippen LogP) is 4.16. The Labute approximate surface area is 154 Å². The lowest BCUT2D eigenvalue weighted by Crippen LogP contribution is -2.31. The number of hydrogen-bond acceptors (Lipinski definition) is 4. The highest BCUT2D eigenvalue weighted by Gasteiger charge is 2.15. The van der Waals surface area contributed by atoms with Gasteiger partial charge in [0.15, 0.2) is 11.5 Å². The number of ether oxygens (including phenoxy) is 3. The first-order chi connectivity index (χ1) is 12.5. The molecule has 2 rings (SSSR count). The van der Waals surface area contributed by atoms with E-state index in [1.54, 1.807) is 12.1 Å². The van der Waals surface area contributed by atoms with Crippen molar-refractivity contribution in [1.82, 2.24) is 5.32 Å². The molecule has 0 spiro atoms. The molecule has 0 aliphatic rings. The Morgan fingerprint density at radius 2 is 1.58 bits per heavy atom. The van der Waals surface area contributed by atoms with Gasteiger partial charge in [-0.15, -0.1) is 0 Å². The fraction of sp³-hybridized carbons (Fsp3) is 0.350. The topological polar surface area (TPSA) is 68.8 Å². The van der Waals surface area contributed by atoms with Gasteiger partial charge in [0.2, 0.25) is 5.75 Å². The summed E-state index contributed by atoms with van der Waals surface area (Å²) in [6.45, 7) is 4.05. The Bertz CT molecular complexity index is 719. The van der Waals surface area contributed by atoms with Crippen molar-refractivity contribution in [2.24, 2.45) is 0 Å². The summed E-state index contributed by atoms with van der Waals surface area (Å²) in [5.41, 5.74) is 2.86. The standard InChI is InChI=1S/C20H26N2O4/c1-6-14-7-9-15(10-8-14)13(2)21-20(23)22-16-11-17(24-3)19(26-5)18(12-16)25-4/h7-13H,6H2,1-5H3,(H2,21,22,23). The summed E-state index contributed by atoms with van der Waals surface area (Å²) in [4.78, 5) is 12.3. The van der Waals surface area contributed by atoms with E-state index in [0.29, 0.717) is 22.9 Å². The lowest BCUT2D eigenvalue weighted by atomic mass is 10.1. The van der Waals surface area contributed by atoms with Crippen molar-refractivity contribution in [3.8, 4) is 17.2 Å². The van der Waals surface area contributed by atoms with Crippen LogP contribution >= 0.6 is 0 Å². The molecule has 0 saturated heterocycles. The third-order valence-electron chi connectivity index (χ3n) is 4.16. The van der Waals surface area contributed by atoms with Crippen LogP contribution in [0.4, 0.5) is 10.5 Å². The second-order valence-electron chi connectivity index (χ2n) is 5.83. The predicted molar refractivity (Wildman–Crippen MR) is 102 cm³/mol. The third kappa shape index (κ3) is 4.59. The highest BCUT2D eigenvalue weighted by Crippen LogP contribution is 2.39. The minimum absolute atomic E-state index is 0.122. The summed E-state index contributed by atoms with van der Waals surface area (Å²) in [5.74, 6) is 1.43. The van der Waals surface area contributed by atoms with Gasteiger partial charge in [0.05, 0.1) is 33.1 Å². The first kappa shape index (κ1) is 19.4. The van der Waals surface area contributed by atoms with Crippen molar-refractivity contribution in [2.75, 3.05) is 26.6 Å². The Kier molecular flexibility index (Phi) is 6.72. The van der Waals surface area contributed by atoms with Crippen molar-refractivity contribution >= 4 is 11.7 Å². The monoisotopic (exact) mass is 358 g/mol. The summed E-state index contributed by atoms with van der Waals surface area (Å²) in [6.07, 6.45) is 0.990. The molecule has 6 heteroatoms. The molecule has 0 aliphatic heterocycles. The number of hydrogen-bond donors (Lipinski definition) is 2. The number of benzene rings is 2. The summed E-state index contributed by atoms with van der Waals surface area (Å²) in [7, 11) is 4.60. The lowest BCUT2D eigenvalue weighted by Gasteiger charge is -2.17. The summed E-state index contributed by atoms with van der Waals surface area (Å²) < 4.78 is 15.9. The number of anilines is 1. The number of methoxy groups -OCH3 is 3. The first-order valence-electron chi connectivity index (χ1n) is 8.48. The van der Waals surface area contributed by atoms with Crippen LogP contribution < -0.4 is 24.8 Å². The van der Waals surface area contributed by atoms with Crippen LogP contribution in [0.1, 0.15) is 31.0 Å². The molecule has 1 unspecified atom stereocenters. The highest BCUT2D eigenvalue weighted by molar-refractivity contribution is 5.90. The molecule has 2 amide bonds. The average Bonchev–Trinajstić information content (AvgIpc) is 2.66. The molecular weight excluding hydrogens is 332 g/mol. The molecule has 2 N–H and O–H groups in total. The SMILES string of the molecule is CCc1ccc(C(C)NC(=O)Nc2cc(OC)c(OC)c(OC)c2)cc1. The van der Waals surface area contributed by atoms with Gasteiger partial charge in [-0.05, 0) is 24.5 Å². The number of urea groups is 1. The number of amides is 2. The lowest BCUT2D eigenvalue weighted by molar-refractivity contribution is 0.249. The van der Waals surface area contributed by atoms with Crippen LogP contribution in [0, 0.1) is 0 Å². The van der Waals surface area contributed by atoms with E-state index < -0.39 is 0 Å². The molecule has 1 atom stereocenters. The zero-order valence-corrected chi connectivity index (χ0v) is 15.9. The van der Waals surface area contributed by atoms with E-state index in [1.807, 2.05) is 19.1 Å². The summed E-state index contributed by atoms with van der Waals surface area (Å²) in [6, 6.07) is 11.1. The molecule has 140 valence electrons. The van der Waals surface area contributed by atoms with E-state index >= 15 is 0 Å². The second-order valence-corrected chi connectivity index (χ2v) is 5.83. The van der Waals surface area contributed by atoms with Gasteiger partial charge in [0.1, 0.15) is 0 Å². The fourth-order valence-electron chi connectivity index (χ4n) is 2.64. The average molecular weight is 358 g/mol. The Hall–Kier alpha value is -2.89. The van der Waals surface area contributed by atoms with Gasteiger partial charge < -0.3 is 24.8 Å². The molecule has 0 bridgehead atoms. The molecule has 2 aromatic carbocycles. The fourth-order valence-corrected chi connectivity index (χ4v) is 2.64. The van der Waals surface area contributed by atoms with Crippen LogP contribution in [0.5, 0.6) is 17.2 Å². The van der Waals surface area contributed by atoms with E-state index in [1.165, 1.54) is 26.9 Å². The Morgan fingerprint density at radius 1 is 1.00 bits per heavy atom. The molecule has 0 saturated carbocycles. The molecule has 0 radical (unpaired) electrons. The Morgan fingerprint density at radius 3 is 2.04 bits per heavy atom. The first-order valence-corrected chi connectivity index (χ1v) is 8.48. The van der Waals surface area contributed by atoms with Gasteiger partial charge in [-0.3, -0.25) is 0 Å². The van der Waals surface area contributed by atoms with Gasteiger partial charge in [-0.25, -0.2) is 4.79 Å². The van der Waals surface area contributed by atoms with E-state index in [-0.39, 0.29) is 12.1 Å². The van der Waals surface area contributed by atoms with E-state index in [0.717, 1.165) is 12.0 Å². The van der Waals surface area contributed by atoms with Crippen molar-refractivity contribution in [2.45, 2.75) is 26.3 Å². The maximum Gasteiger partial charge on any atom is 0.319 e. The summed E-state index contributed by atoms with van der Waals surface area (Å²) in [5, 5.41) is 5.72. The van der Waals surface area contributed by atoms with Crippen LogP contribution in [0.3, 0.4) is 0 Å². The van der Waals surface area contributed by atoms with Crippen LogP contribution in [-0.4, -0.2) is 27.4 Å². The molecule has 2 aromatic rings. The van der Waals surface area contributed by atoms with Crippen molar-refractivity contribution in [3.05, 3.63) is 47.5 Å². The van der Waals surface area contributed by atoms with Crippen molar-refractivity contribution in [1.29, 1.82) is 0 Å². The quantitative estimate of drug-likeness (QED) is 0.780. The maximum atomic E-state index is 12.3. The Balaban J connectivity index is 2.08. The molecule has 6 nitrogen and oxygen atoms in total. The van der Waals surface area contributed by atoms with E-state index in [9.17, 15) is 4.79 Å². The molecule has 26 heavy (non-hydrogen) atoms. The van der Waals surface area contributed by atoms with Crippen molar-refractivity contribution in [3.63, 3.8) is 0 Å². The maximum absolute atomic E-state index is 12.3. The van der Waals surface area contributed by atoms with E-state index in [2.05, 4.69) is 29.7 Å². The van der Waals surface area contributed by atoms with Crippen LogP contribution in [0.15, 0.2) is 36.4 Å². The van der Waals surface area contributed by atoms with Gasteiger partial charge in [0, 0.05) is 12.1 Å². The second kappa shape index (κ2) is 8.99. The van der Waals surface area contributed by atoms with Gasteiger partial charge in [0.25, 0.3) is 0 Å². The minimum Gasteiger partial charge on any atom is -0.493 e. The minimum atomic E-state index is -0.314.